The van der Waals surface area contributed by atoms with E-state index in [2.05, 4.69) is 25.8 Å². The van der Waals surface area contributed by atoms with Gasteiger partial charge >= 0.3 is 5.97 Å². The summed E-state index contributed by atoms with van der Waals surface area (Å²) in [7, 11) is 2.14. The highest BCUT2D eigenvalue weighted by Gasteiger charge is 2.29. The zero-order valence-corrected chi connectivity index (χ0v) is 12.7. The van der Waals surface area contributed by atoms with Gasteiger partial charge in [-0.3, -0.25) is 4.79 Å². The summed E-state index contributed by atoms with van der Waals surface area (Å²) in [5, 5.41) is 0. The average molecular weight is 255 g/mol. The molecular formula is C15H29NO2. The molecule has 0 saturated heterocycles. The maximum absolute atomic E-state index is 11.6. The van der Waals surface area contributed by atoms with Crippen molar-refractivity contribution in [2.75, 3.05) is 20.2 Å². The Kier molecular flexibility index (Phi) is 5.64. The highest BCUT2D eigenvalue weighted by molar-refractivity contribution is 5.72. The number of carbonyl (C=O) groups excluding carboxylic acids is 1. The van der Waals surface area contributed by atoms with E-state index < -0.39 is 0 Å². The Morgan fingerprint density at radius 3 is 2.44 bits per heavy atom. The van der Waals surface area contributed by atoms with Crippen LogP contribution >= 0.6 is 0 Å². The first kappa shape index (κ1) is 15.5. The SMILES string of the molecule is CCOC(=O)C(C)CN(C)C1CCC(C)(C)CC1. The molecule has 0 spiro atoms. The molecule has 0 aromatic carbocycles. The lowest BCUT2D eigenvalue weighted by molar-refractivity contribution is -0.148. The third kappa shape index (κ3) is 4.60. The van der Waals surface area contributed by atoms with Gasteiger partial charge in [-0.25, -0.2) is 0 Å². The number of ether oxygens (including phenoxy) is 1. The highest BCUT2D eigenvalue weighted by Crippen LogP contribution is 2.36. The van der Waals surface area contributed by atoms with E-state index in [-0.39, 0.29) is 11.9 Å². The molecule has 0 N–H and O–H groups in total. The maximum Gasteiger partial charge on any atom is 0.309 e. The first-order valence-corrected chi connectivity index (χ1v) is 7.22. The second kappa shape index (κ2) is 6.55. The Morgan fingerprint density at radius 2 is 1.94 bits per heavy atom. The number of rotatable bonds is 5. The molecule has 1 unspecified atom stereocenters. The van der Waals surface area contributed by atoms with Crippen molar-refractivity contribution in [1.29, 1.82) is 0 Å². The van der Waals surface area contributed by atoms with Crippen molar-refractivity contribution in [2.45, 2.75) is 59.4 Å². The smallest absolute Gasteiger partial charge is 0.309 e. The standard InChI is InChI=1S/C15H29NO2/c1-6-18-14(17)12(2)11-16(5)13-7-9-15(3,4)10-8-13/h12-13H,6-11H2,1-5H3. The number of hydrogen-bond acceptors (Lipinski definition) is 3. The van der Waals surface area contributed by atoms with Crippen LogP contribution in [-0.4, -0.2) is 37.1 Å². The van der Waals surface area contributed by atoms with Crippen LogP contribution in [0.1, 0.15) is 53.4 Å². The summed E-state index contributed by atoms with van der Waals surface area (Å²) >= 11 is 0. The minimum Gasteiger partial charge on any atom is -0.466 e. The number of carbonyl (C=O) groups is 1. The molecule has 0 heterocycles. The molecule has 1 aliphatic carbocycles. The molecule has 1 rings (SSSR count). The van der Waals surface area contributed by atoms with Crippen molar-refractivity contribution in [3.8, 4) is 0 Å². The molecule has 1 saturated carbocycles. The largest absolute Gasteiger partial charge is 0.466 e. The molecular weight excluding hydrogens is 226 g/mol. The van der Waals surface area contributed by atoms with Crippen LogP contribution in [0.25, 0.3) is 0 Å². The van der Waals surface area contributed by atoms with Gasteiger partial charge in [-0.15, -0.1) is 0 Å². The van der Waals surface area contributed by atoms with E-state index in [0.717, 1.165) is 6.54 Å². The molecule has 0 bridgehead atoms. The molecule has 3 heteroatoms. The fraction of sp³-hybridized carbons (Fsp3) is 0.933. The van der Waals surface area contributed by atoms with E-state index in [9.17, 15) is 4.79 Å². The molecule has 1 aliphatic rings. The van der Waals surface area contributed by atoms with Crippen LogP contribution in [0.2, 0.25) is 0 Å². The van der Waals surface area contributed by atoms with Gasteiger partial charge in [0.15, 0.2) is 0 Å². The summed E-state index contributed by atoms with van der Waals surface area (Å²) in [6.07, 6.45) is 5.07. The van der Waals surface area contributed by atoms with Crippen LogP contribution in [0.15, 0.2) is 0 Å². The third-order valence-corrected chi connectivity index (χ3v) is 4.18. The topological polar surface area (TPSA) is 29.5 Å². The van der Waals surface area contributed by atoms with E-state index in [1.54, 1.807) is 0 Å². The molecule has 0 radical (unpaired) electrons. The van der Waals surface area contributed by atoms with Crippen molar-refractivity contribution >= 4 is 5.97 Å². The molecule has 0 aliphatic heterocycles. The van der Waals surface area contributed by atoms with E-state index in [4.69, 9.17) is 4.74 Å². The fourth-order valence-corrected chi connectivity index (χ4v) is 2.76. The minimum atomic E-state index is -0.0690. The third-order valence-electron chi connectivity index (χ3n) is 4.18. The molecule has 0 aromatic rings. The van der Waals surface area contributed by atoms with Gasteiger partial charge in [0.1, 0.15) is 0 Å². The van der Waals surface area contributed by atoms with Gasteiger partial charge in [0.25, 0.3) is 0 Å². The predicted octanol–water partition coefficient (Wildman–Crippen LogP) is 3.09. The molecule has 0 amide bonds. The van der Waals surface area contributed by atoms with Crippen LogP contribution < -0.4 is 0 Å². The van der Waals surface area contributed by atoms with Gasteiger partial charge in [-0.1, -0.05) is 20.8 Å². The summed E-state index contributed by atoms with van der Waals surface area (Å²) in [4.78, 5) is 14.0. The van der Waals surface area contributed by atoms with Crippen LogP contribution in [0.4, 0.5) is 0 Å². The predicted molar refractivity (Wildman–Crippen MR) is 74.5 cm³/mol. The summed E-state index contributed by atoms with van der Waals surface area (Å²) in [6, 6.07) is 0.634. The summed E-state index contributed by atoms with van der Waals surface area (Å²) in [5.41, 5.74) is 0.504. The maximum atomic E-state index is 11.6. The Labute approximate surface area is 112 Å². The number of nitrogens with zero attached hydrogens (tertiary/aromatic N) is 1. The van der Waals surface area contributed by atoms with Gasteiger partial charge in [-0.2, -0.15) is 0 Å². The average Bonchev–Trinajstić information content (AvgIpc) is 2.28. The second-order valence-corrected chi connectivity index (χ2v) is 6.49. The fourth-order valence-electron chi connectivity index (χ4n) is 2.76. The Bertz CT molecular complexity index is 266. The monoisotopic (exact) mass is 255 g/mol. The summed E-state index contributed by atoms with van der Waals surface area (Å²) < 4.78 is 5.06. The second-order valence-electron chi connectivity index (χ2n) is 6.49. The quantitative estimate of drug-likeness (QED) is 0.707. The van der Waals surface area contributed by atoms with Crippen molar-refractivity contribution in [3.63, 3.8) is 0 Å². The van der Waals surface area contributed by atoms with E-state index in [1.807, 2.05) is 13.8 Å². The first-order chi connectivity index (χ1) is 8.35. The van der Waals surface area contributed by atoms with Gasteiger partial charge in [0.2, 0.25) is 0 Å². The van der Waals surface area contributed by atoms with E-state index in [0.29, 0.717) is 18.1 Å². The van der Waals surface area contributed by atoms with Crippen molar-refractivity contribution < 1.29 is 9.53 Å². The van der Waals surface area contributed by atoms with Gasteiger partial charge in [0.05, 0.1) is 12.5 Å². The first-order valence-electron chi connectivity index (χ1n) is 7.22. The van der Waals surface area contributed by atoms with Crippen LogP contribution in [0, 0.1) is 11.3 Å². The van der Waals surface area contributed by atoms with Crippen molar-refractivity contribution in [1.82, 2.24) is 4.90 Å². The molecule has 18 heavy (non-hydrogen) atoms. The lowest BCUT2D eigenvalue weighted by Crippen LogP contribution is -2.40. The molecule has 3 nitrogen and oxygen atoms in total. The molecule has 0 aromatic heterocycles. The van der Waals surface area contributed by atoms with Crippen molar-refractivity contribution in [2.24, 2.45) is 11.3 Å². The Morgan fingerprint density at radius 1 is 1.39 bits per heavy atom. The molecule has 106 valence electrons. The van der Waals surface area contributed by atoms with E-state index >= 15 is 0 Å². The highest BCUT2D eigenvalue weighted by atomic mass is 16.5. The van der Waals surface area contributed by atoms with Crippen LogP contribution in [0.5, 0.6) is 0 Å². The summed E-state index contributed by atoms with van der Waals surface area (Å²) in [6.45, 7) is 9.81. The van der Waals surface area contributed by atoms with Crippen LogP contribution in [-0.2, 0) is 9.53 Å². The number of esters is 1. The zero-order valence-electron chi connectivity index (χ0n) is 12.7. The van der Waals surface area contributed by atoms with E-state index in [1.165, 1.54) is 25.7 Å². The normalized spacial score (nSPS) is 21.9. The zero-order chi connectivity index (χ0) is 13.8. The molecule has 1 fully saturated rings. The Balaban J connectivity index is 2.37. The van der Waals surface area contributed by atoms with Gasteiger partial charge in [0, 0.05) is 12.6 Å². The minimum absolute atomic E-state index is 0.0233. The van der Waals surface area contributed by atoms with Gasteiger partial charge < -0.3 is 9.64 Å². The van der Waals surface area contributed by atoms with Crippen LogP contribution in [0.3, 0.4) is 0 Å². The lowest BCUT2D eigenvalue weighted by Gasteiger charge is -2.39. The number of hydrogen-bond donors (Lipinski definition) is 0. The molecule has 1 atom stereocenters. The van der Waals surface area contributed by atoms with Crippen molar-refractivity contribution in [3.05, 3.63) is 0 Å². The lowest BCUT2D eigenvalue weighted by atomic mass is 9.75. The van der Waals surface area contributed by atoms with Gasteiger partial charge in [-0.05, 0) is 45.1 Å². The summed E-state index contributed by atoms with van der Waals surface area (Å²) in [5.74, 6) is -0.0922. The Hall–Kier alpha value is -0.570.